The molecule has 1 saturated carbocycles. The second kappa shape index (κ2) is 4.44. The first kappa shape index (κ1) is 11.4. The standard InChI is InChI=1S/C12H19NO3/c1-2-16-11(15)7-9-12(5-3-4-6-12)8-10(14)13-9/h9H,2-8H2,1H3,(H,13,14). The van der Waals surface area contributed by atoms with Crippen molar-refractivity contribution in [1.29, 1.82) is 0 Å². The lowest BCUT2D eigenvalue weighted by atomic mass is 9.77. The third-order valence-electron chi connectivity index (χ3n) is 3.86. The Bertz CT molecular complexity index is 295. The van der Waals surface area contributed by atoms with Gasteiger partial charge in [-0.1, -0.05) is 12.8 Å². The highest BCUT2D eigenvalue weighted by Gasteiger charge is 2.48. The number of nitrogens with one attached hydrogen (secondary N) is 1. The third kappa shape index (κ3) is 2.06. The molecule has 0 aromatic rings. The van der Waals surface area contributed by atoms with Crippen LogP contribution in [0.15, 0.2) is 0 Å². The first-order valence-electron chi connectivity index (χ1n) is 6.11. The highest BCUT2D eigenvalue weighted by molar-refractivity contribution is 5.81. The van der Waals surface area contributed by atoms with Crippen molar-refractivity contribution in [3.05, 3.63) is 0 Å². The fourth-order valence-electron chi connectivity index (χ4n) is 3.10. The van der Waals surface area contributed by atoms with Crippen LogP contribution in [0.25, 0.3) is 0 Å². The van der Waals surface area contributed by atoms with Gasteiger partial charge < -0.3 is 10.1 Å². The van der Waals surface area contributed by atoms with Crippen LogP contribution in [-0.4, -0.2) is 24.5 Å². The maximum atomic E-state index is 11.5. The number of rotatable bonds is 3. The summed E-state index contributed by atoms with van der Waals surface area (Å²) in [5.41, 5.74) is 0.0455. The Morgan fingerprint density at radius 2 is 2.19 bits per heavy atom. The van der Waals surface area contributed by atoms with Gasteiger partial charge in [0.25, 0.3) is 0 Å². The Morgan fingerprint density at radius 1 is 1.50 bits per heavy atom. The lowest BCUT2D eigenvalue weighted by molar-refractivity contribution is -0.144. The summed E-state index contributed by atoms with van der Waals surface area (Å²) in [5.74, 6) is -0.0998. The minimum atomic E-state index is -0.194. The highest BCUT2D eigenvalue weighted by Crippen LogP contribution is 2.47. The van der Waals surface area contributed by atoms with E-state index >= 15 is 0 Å². The lowest BCUT2D eigenvalue weighted by Gasteiger charge is -2.28. The summed E-state index contributed by atoms with van der Waals surface area (Å²) in [6.45, 7) is 2.21. The van der Waals surface area contributed by atoms with Gasteiger partial charge in [-0.25, -0.2) is 0 Å². The van der Waals surface area contributed by atoms with Crippen LogP contribution in [0.4, 0.5) is 0 Å². The second-order valence-corrected chi connectivity index (χ2v) is 4.88. The Hall–Kier alpha value is -1.06. The molecule has 0 aromatic heterocycles. The normalized spacial score (nSPS) is 27.1. The molecule has 0 aromatic carbocycles. The van der Waals surface area contributed by atoms with E-state index in [4.69, 9.17) is 4.74 Å². The molecule has 4 heteroatoms. The van der Waals surface area contributed by atoms with Crippen molar-refractivity contribution in [3.8, 4) is 0 Å². The number of hydrogen-bond acceptors (Lipinski definition) is 3. The zero-order chi connectivity index (χ0) is 11.6. The zero-order valence-corrected chi connectivity index (χ0v) is 9.75. The number of esters is 1. The van der Waals surface area contributed by atoms with E-state index in [1.165, 1.54) is 12.8 Å². The third-order valence-corrected chi connectivity index (χ3v) is 3.86. The maximum absolute atomic E-state index is 11.5. The molecule has 1 aliphatic heterocycles. The average Bonchev–Trinajstić information content (AvgIpc) is 2.77. The largest absolute Gasteiger partial charge is 0.466 e. The smallest absolute Gasteiger partial charge is 0.307 e. The molecule has 16 heavy (non-hydrogen) atoms. The SMILES string of the molecule is CCOC(=O)CC1NC(=O)CC12CCCC2. The molecular formula is C12H19NO3. The Labute approximate surface area is 95.7 Å². The molecule has 1 amide bonds. The van der Waals surface area contributed by atoms with Gasteiger partial charge in [-0.2, -0.15) is 0 Å². The van der Waals surface area contributed by atoms with Gasteiger partial charge in [-0.15, -0.1) is 0 Å². The summed E-state index contributed by atoms with van der Waals surface area (Å²) in [5, 5.41) is 2.94. The molecule has 2 aliphatic rings. The van der Waals surface area contributed by atoms with E-state index in [1.54, 1.807) is 6.92 Å². The van der Waals surface area contributed by atoms with E-state index in [0.29, 0.717) is 19.4 Å². The molecule has 1 unspecified atom stereocenters. The van der Waals surface area contributed by atoms with Crippen LogP contribution in [0.2, 0.25) is 0 Å². The van der Waals surface area contributed by atoms with Crippen LogP contribution in [-0.2, 0) is 14.3 Å². The summed E-state index contributed by atoms with van der Waals surface area (Å²) < 4.78 is 4.95. The Kier molecular flexibility index (Phi) is 3.17. The Balaban J connectivity index is 2.01. The van der Waals surface area contributed by atoms with Gasteiger partial charge >= 0.3 is 5.97 Å². The first-order chi connectivity index (χ1) is 7.66. The molecule has 1 spiro atoms. The van der Waals surface area contributed by atoms with Gasteiger partial charge in [-0.05, 0) is 25.2 Å². The predicted molar refractivity (Wildman–Crippen MR) is 58.7 cm³/mol. The number of carbonyl (C=O) groups excluding carboxylic acids is 2. The van der Waals surface area contributed by atoms with Crippen LogP contribution in [0.3, 0.4) is 0 Å². The first-order valence-corrected chi connectivity index (χ1v) is 6.11. The van der Waals surface area contributed by atoms with Crippen LogP contribution in [0, 0.1) is 5.41 Å². The van der Waals surface area contributed by atoms with Crippen molar-refractivity contribution in [3.63, 3.8) is 0 Å². The van der Waals surface area contributed by atoms with Crippen molar-refractivity contribution < 1.29 is 14.3 Å². The molecule has 2 rings (SSSR count). The summed E-state index contributed by atoms with van der Waals surface area (Å²) >= 11 is 0. The Morgan fingerprint density at radius 3 is 2.81 bits per heavy atom. The van der Waals surface area contributed by atoms with E-state index in [2.05, 4.69) is 5.32 Å². The van der Waals surface area contributed by atoms with Gasteiger partial charge in [-0.3, -0.25) is 9.59 Å². The predicted octanol–water partition coefficient (Wildman–Crippen LogP) is 1.39. The van der Waals surface area contributed by atoms with Crippen molar-refractivity contribution >= 4 is 11.9 Å². The fraction of sp³-hybridized carbons (Fsp3) is 0.833. The van der Waals surface area contributed by atoms with Crippen LogP contribution >= 0.6 is 0 Å². The van der Waals surface area contributed by atoms with E-state index in [0.717, 1.165) is 12.8 Å². The number of amides is 1. The van der Waals surface area contributed by atoms with Crippen LogP contribution < -0.4 is 5.32 Å². The van der Waals surface area contributed by atoms with E-state index in [-0.39, 0.29) is 23.3 Å². The van der Waals surface area contributed by atoms with E-state index in [9.17, 15) is 9.59 Å². The molecule has 0 radical (unpaired) electrons. The van der Waals surface area contributed by atoms with Crippen molar-refractivity contribution in [2.75, 3.05) is 6.61 Å². The summed E-state index contributed by atoms with van der Waals surface area (Å²) in [4.78, 5) is 23.0. The molecule has 2 fully saturated rings. The summed E-state index contributed by atoms with van der Waals surface area (Å²) in [6.07, 6.45) is 5.41. The number of ether oxygens (including phenoxy) is 1. The lowest BCUT2D eigenvalue weighted by Crippen LogP contribution is -2.37. The minimum absolute atomic E-state index is 0.00144. The van der Waals surface area contributed by atoms with Gasteiger partial charge in [0.05, 0.1) is 13.0 Å². The van der Waals surface area contributed by atoms with Crippen LogP contribution in [0.5, 0.6) is 0 Å². The molecule has 1 saturated heterocycles. The average molecular weight is 225 g/mol. The molecule has 0 bridgehead atoms. The van der Waals surface area contributed by atoms with E-state index < -0.39 is 0 Å². The van der Waals surface area contributed by atoms with Crippen molar-refractivity contribution in [2.24, 2.45) is 5.41 Å². The quantitative estimate of drug-likeness (QED) is 0.738. The molecule has 1 aliphatic carbocycles. The molecule has 1 heterocycles. The highest BCUT2D eigenvalue weighted by atomic mass is 16.5. The van der Waals surface area contributed by atoms with E-state index in [1.807, 2.05) is 0 Å². The molecule has 1 N–H and O–H groups in total. The molecule has 1 atom stereocenters. The topological polar surface area (TPSA) is 55.4 Å². The fourth-order valence-corrected chi connectivity index (χ4v) is 3.10. The molecular weight excluding hydrogens is 206 g/mol. The second-order valence-electron chi connectivity index (χ2n) is 4.88. The zero-order valence-electron chi connectivity index (χ0n) is 9.75. The van der Waals surface area contributed by atoms with Gasteiger partial charge in [0, 0.05) is 12.5 Å². The minimum Gasteiger partial charge on any atom is -0.466 e. The summed E-state index contributed by atoms with van der Waals surface area (Å²) in [7, 11) is 0. The van der Waals surface area contributed by atoms with Crippen molar-refractivity contribution in [2.45, 2.75) is 51.5 Å². The van der Waals surface area contributed by atoms with Crippen molar-refractivity contribution in [1.82, 2.24) is 5.32 Å². The monoisotopic (exact) mass is 225 g/mol. The van der Waals surface area contributed by atoms with Crippen LogP contribution in [0.1, 0.15) is 45.4 Å². The number of hydrogen-bond donors (Lipinski definition) is 1. The van der Waals surface area contributed by atoms with Gasteiger partial charge in [0.1, 0.15) is 0 Å². The van der Waals surface area contributed by atoms with Gasteiger partial charge in [0.15, 0.2) is 0 Å². The summed E-state index contributed by atoms with van der Waals surface area (Å²) in [6, 6.07) is 0.00144. The molecule has 4 nitrogen and oxygen atoms in total. The number of carbonyl (C=O) groups is 2. The van der Waals surface area contributed by atoms with Gasteiger partial charge in [0.2, 0.25) is 5.91 Å². The maximum Gasteiger partial charge on any atom is 0.307 e. The molecule has 90 valence electrons.